The third-order valence-corrected chi connectivity index (χ3v) is 4.32. The first kappa shape index (κ1) is 17.1. The number of methoxy groups -OCH3 is 2. The zero-order valence-corrected chi connectivity index (χ0v) is 14.6. The minimum atomic E-state index is -0.254. The first-order valence-corrected chi connectivity index (χ1v) is 8.45. The predicted molar refractivity (Wildman–Crippen MR) is 97.8 cm³/mol. The molecule has 0 radical (unpaired) electrons. The first-order valence-electron chi connectivity index (χ1n) is 8.45. The Morgan fingerprint density at radius 1 is 1.04 bits per heavy atom. The summed E-state index contributed by atoms with van der Waals surface area (Å²) < 4.78 is 10.4. The second kappa shape index (κ2) is 7.88. The zero-order chi connectivity index (χ0) is 17.6. The third kappa shape index (κ3) is 4.21. The lowest BCUT2D eigenvalue weighted by Gasteiger charge is -2.28. The van der Waals surface area contributed by atoms with Crippen LogP contribution in [0.4, 0.5) is 11.5 Å². The van der Waals surface area contributed by atoms with Crippen LogP contribution in [-0.4, -0.2) is 38.2 Å². The highest BCUT2D eigenvalue weighted by Gasteiger charge is 2.13. The van der Waals surface area contributed by atoms with Crippen molar-refractivity contribution in [2.24, 2.45) is 0 Å². The summed E-state index contributed by atoms with van der Waals surface area (Å²) in [6, 6.07) is 8.89. The van der Waals surface area contributed by atoms with Gasteiger partial charge < -0.3 is 19.7 Å². The van der Waals surface area contributed by atoms with Crippen molar-refractivity contribution in [2.75, 3.05) is 37.5 Å². The molecule has 132 valence electrons. The van der Waals surface area contributed by atoms with Crippen LogP contribution in [0.3, 0.4) is 0 Å². The number of carbonyl (C=O) groups excluding carboxylic acids is 1. The molecule has 2 aromatic rings. The van der Waals surface area contributed by atoms with Crippen molar-refractivity contribution in [3.05, 3.63) is 42.1 Å². The molecule has 3 rings (SSSR count). The summed E-state index contributed by atoms with van der Waals surface area (Å²) in [6.07, 6.45) is 5.54. The normalized spacial score (nSPS) is 14.1. The first-order chi connectivity index (χ1) is 12.2. The largest absolute Gasteiger partial charge is 0.497 e. The van der Waals surface area contributed by atoms with Gasteiger partial charge in [0.2, 0.25) is 0 Å². The number of nitrogens with one attached hydrogen (secondary N) is 1. The van der Waals surface area contributed by atoms with Crippen molar-refractivity contribution in [3.8, 4) is 11.5 Å². The molecule has 1 N–H and O–H groups in total. The lowest BCUT2D eigenvalue weighted by molar-refractivity contribution is 0.102. The molecule has 25 heavy (non-hydrogen) atoms. The standard InChI is InChI=1S/C19H23N3O3/c1-24-16-10-14(11-17(12-16)25-2)19(23)21-18-7-6-15(13-20-18)22-8-4-3-5-9-22/h6-7,10-13H,3-5,8-9H2,1-2H3,(H,20,21,23). The van der Waals surface area contributed by atoms with Crippen LogP contribution in [0.15, 0.2) is 36.5 Å². The summed E-state index contributed by atoms with van der Waals surface area (Å²) in [7, 11) is 3.11. The van der Waals surface area contributed by atoms with Crippen LogP contribution in [0, 0.1) is 0 Å². The van der Waals surface area contributed by atoms with Crippen molar-refractivity contribution < 1.29 is 14.3 Å². The molecule has 0 aliphatic carbocycles. The summed E-state index contributed by atoms with van der Waals surface area (Å²) in [5.41, 5.74) is 1.55. The summed E-state index contributed by atoms with van der Waals surface area (Å²) in [4.78, 5) is 19.2. The number of anilines is 2. The SMILES string of the molecule is COc1cc(OC)cc(C(=O)Nc2ccc(N3CCCCC3)cn2)c1. The number of rotatable bonds is 5. The molecule has 1 fully saturated rings. The highest BCUT2D eigenvalue weighted by molar-refractivity contribution is 6.04. The molecule has 1 amide bonds. The molecule has 0 spiro atoms. The topological polar surface area (TPSA) is 63.7 Å². The van der Waals surface area contributed by atoms with Crippen LogP contribution in [-0.2, 0) is 0 Å². The number of piperidine rings is 1. The van der Waals surface area contributed by atoms with Gasteiger partial charge in [0.25, 0.3) is 5.91 Å². The van der Waals surface area contributed by atoms with Crippen LogP contribution in [0.2, 0.25) is 0 Å². The van der Waals surface area contributed by atoms with E-state index >= 15 is 0 Å². The van der Waals surface area contributed by atoms with Gasteiger partial charge in [0.15, 0.2) is 0 Å². The molecule has 1 saturated heterocycles. The van der Waals surface area contributed by atoms with Crippen molar-refractivity contribution in [1.29, 1.82) is 0 Å². The fraction of sp³-hybridized carbons (Fsp3) is 0.368. The second-order valence-electron chi connectivity index (χ2n) is 6.00. The molecule has 0 atom stereocenters. The van der Waals surface area contributed by atoms with E-state index in [0.717, 1.165) is 18.8 Å². The lowest BCUT2D eigenvalue weighted by atomic mass is 10.1. The van der Waals surface area contributed by atoms with E-state index in [1.54, 1.807) is 32.4 Å². The number of amides is 1. The average molecular weight is 341 g/mol. The van der Waals surface area contributed by atoms with E-state index in [9.17, 15) is 4.79 Å². The van der Waals surface area contributed by atoms with Crippen molar-refractivity contribution in [1.82, 2.24) is 4.98 Å². The molecule has 1 aliphatic rings. The van der Waals surface area contributed by atoms with Crippen molar-refractivity contribution in [2.45, 2.75) is 19.3 Å². The fourth-order valence-corrected chi connectivity index (χ4v) is 2.93. The second-order valence-corrected chi connectivity index (χ2v) is 6.00. The Morgan fingerprint density at radius 3 is 2.28 bits per heavy atom. The Kier molecular flexibility index (Phi) is 5.38. The Balaban J connectivity index is 1.70. The van der Waals surface area contributed by atoms with Gasteiger partial charge in [-0.25, -0.2) is 4.98 Å². The maximum absolute atomic E-state index is 12.5. The summed E-state index contributed by atoms with van der Waals surface area (Å²) in [6.45, 7) is 2.13. The van der Waals surface area contributed by atoms with Crippen LogP contribution in [0.25, 0.3) is 0 Å². The number of nitrogens with zero attached hydrogens (tertiary/aromatic N) is 2. The molecule has 1 aliphatic heterocycles. The highest BCUT2D eigenvalue weighted by atomic mass is 16.5. The van der Waals surface area contributed by atoms with Crippen molar-refractivity contribution in [3.63, 3.8) is 0 Å². The molecule has 0 unspecified atom stereocenters. The minimum Gasteiger partial charge on any atom is -0.497 e. The molecular formula is C19H23N3O3. The van der Waals surface area contributed by atoms with Gasteiger partial charge in [-0.05, 0) is 43.5 Å². The van der Waals surface area contributed by atoms with E-state index < -0.39 is 0 Å². The number of aromatic nitrogens is 1. The average Bonchev–Trinajstić information content (AvgIpc) is 2.68. The van der Waals surface area contributed by atoms with Gasteiger partial charge >= 0.3 is 0 Å². The van der Waals surface area contributed by atoms with Crippen LogP contribution < -0.4 is 19.7 Å². The van der Waals surface area contributed by atoms with Gasteiger partial charge in [-0.15, -0.1) is 0 Å². The molecule has 1 aromatic heterocycles. The quantitative estimate of drug-likeness (QED) is 0.904. The van der Waals surface area contributed by atoms with Gasteiger partial charge in [-0.3, -0.25) is 4.79 Å². The Bertz CT molecular complexity index is 703. The van der Waals surface area contributed by atoms with Crippen LogP contribution in [0.1, 0.15) is 29.6 Å². The van der Waals surface area contributed by atoms with Gasteiger partial charge in [0, 0.05) is 24.7 Å². The highest BCUT2D eigenvalue weighted by Crippen LogP contribution is 2.24. The summed E-state index contributed by atoms with van der Waals surface area (Å²) in [5, 5.41) is 2.81. The van der Waals surface area contributed by atoms with E-state index in [-0.39, 0.29) is 5.91 Å². The maximum atomic E-state index is 12.5. The number of ether oxygens (including phenoxy) is 2. The molecule has 6 heteroatoms. The summed E-state index contributed by atoms with van der Waals surface area (Å²) >= 11 is 0. The van der Waals surface area contributed by atoms with Crippen LogP contribution in [0.5, 0.6) is 11.5 Å². The molecule has 1 aromatic carbocycles. The van der Waals surface area contributed by atoms with Crippen LogP contribution >= 0.6 is 0 Å². The summed E-state index contributed by atoms with van der Waals surface area (Å²) in [5.74, 6) is 1.40. The number of hydrogen-bond acceptors (Lipinski definition) is 5. The minimum absolute atomic E-state index is 0.254. The maximum Gasteiger partial charge on any atom is 0.257 e. The lowest BCUT2D eigenvalue weighted by Crippen LogP contribution is -2.29. The zero-order valence-electron chi connectivity index (χ0n) is 14.6. The molecule has 2 heterocycles. The number of carbonyl (C=O) groups is 1. The predicted octanol–water partition coefficient (Wildman–Crippen LogP) is 3.34. The smallest absolute Gasteiger partial charge is 0.257 e. The van der Waals surface area contributed by atoms with Gasteiger partial charge in [0.1, 0.15) is 17.3 Å². The Labute approximate surface area is 147 Å². The van der Waals surface area contributed by atoms with Crippen molar-refractivity contribution >= 4 is 17.4 Å². The fourth-order valence-electron chi connectivity index (χ4n) is 2.93. The monoisotopic (exact) mass is 341 g/mol. The van der Waals surface area contributed by atoms with E-state index in [2.05, 4.69) is 15.2 Å². The van der Waals surface area contributed by atoms with Gasteiger partial charge in [-0.2, -0.15) is 0 Å². The molecule has 0 bridgehead atoms. The number of pyridine rings is 1. The van der Waals surface area contributed by atoms with Gasteiger partial charge in [0.05, 0.1) is 26.1 Å². The molecule has 0 saturated carbocycles. The van der Waals surface area contributed by atoms with E-state index in [1.807, 2.05) is 18.3 Å². The molecular weight excluding hydrogens is 318 g/mol. The number of benzene rings is 1. The van der Waals surface area contributed by atoms with Gasteiger partial charge in [-0.1, -0.05) is 0 Å². The number of hydrogen-bond donors (Lipinski definition) is 1. The van der Waals surface area contributed by atoms with E-state index in [0.29, 0.717) is 22.9 Å². The van der Waals surface area contributed by atoms with E-state index in [4.69, 9.17) is 9.47 Å². The Hall–Kier alpha value is -2.76. The Morgan fingerprint density at radius 2 is 1.72 bits per heavy atom. The third-order valence-electron chi connectivity index (χ3n) is 4.32. The molecule has 6 nitrogen and oxygen atoms in total. The van der Waals surface area contributed by atoms with E-state index in [1.165, 1.54) is 19.3 Å².